The fraction of sp³-hybridized carbons (Fsp3) is 0.321. The number of nitrogens with two attached hydrogens (primary N) is 1. The Balaban J connectivity index is 1.48. The molecule has 1 atom stereocenters. The van der Waals surface area contributed by atoms with Crippen LogP contribution in [0.15, 0.2) is 47.4 Å². The van der Waals surface area contributed by atoms with Gasteiger partial charge in [-0.05, 0) is 49.7 Å². The average molecular weight is 626 g/mol. The van der Waals surface area contributed by atoms with Gasteiger partial charge in [-0.15, -0.1) is 0 Å². The van der Waals surface area contributed by atoms with Crippen LogP contribution in [0.1, 0.15) is 34.6 Å². The number of aromatic nitrogens is 4. The molecular weight excluding hydrogens is 594 g/mol. The summed E-state index contributed by atoms with van der Waals surface area (Å²) >= 11 is 6.03. The SMILES string of the molecule is Cc1cc([C@@H](C)Nc2ccc(Cl)nc2C(=O)NS(C)(=O)=O)c2nc(N3CCN(c4ccc(N)nc4)CC3)n(C)c(=O)c2c1. The van der Waals surface area contributed by atoms with Crippen LogP contribution in [0.3, 0.4) is 0 Å². The van der Waals surface area contributed by atoms with E-state index >= 15 is 0 Å². The molecule has 0 bridgehead atoms. The molecule has 3 aromatic heterocycles. The van der Waals surface area contributed by atoms with Gasteiger partial charge in [-0.3, -0.25) is 14.2 Å². The molecule has 0 aliphatic carbocycles. The van der Waals surface area contributed by atoms with Crippen molar-refractivity contribution in [3.05, 3.63) is 74.9 Å². The van der Waals surface area contributed by atoms with E-state index < -0.39 is 22.0 Å². The molecule has 13 nitrogen and oxygen atoms in total. The lowest BCUT2D eigenvalue weighted by Crippen LogP contribution is -2.48. The Morgan fingerprint density at radius 1 is 1.07 bits per heavy atom. The lowest BCUT2D eigenvalue weighted by molar-refractivity contribution is 0.0977. The second kappa shape index (κ2) is 11.7. The first-order valence-electron chi connectivity index (χ1n) is 13.5. The predicted octanol–water partition coefficient (Wildman–Crippen LogP) is 2.46. The van der Waals surface area contributed by atoms with E-state index in [2.05, 4.69) is 25.1 Å². The highest BCUT2D eigenvalue weighted by Gasteiger charge is 2.25. The average Bonchev–Trinajstić information content (AvgIpc) is 2.95. The van der Waals surface area contributed by atoms with Crippen LogP contribution in [0, 0.1) is 6.92 Å². The predicted molar refractivity (Wildman–Crippen MR) is 168 cm³/mol. The molecule has 1 aromatic carbocycles. The number of piperazine rings is 1. The number of pyridine rings is 2. The number of nitrogens with zero attached hydrogens (tertiary/aromatic N) is 6. The number of benzene rings is 1. The number of rotatable bonds is 7. The Kier molecular flexibility index (Phi) is 8.16. The molecule has 5 rings (SSSR count). The van der Waals surface area contributed by atoms with Crippen molar-refractivity contribution in [1.29, 1.82) is 0 Å². The van der Waals surface area contributed by atoms with Gasteiger partial charge < -0.3 is 20.9 Å². The first kappa shape index (κ1) is 30.0. The van der Waals surface area contributed by atoms with Crippen LogP contribution in [0.25, 0.3) is 10.9 Å². The molecule has 0 unspecified atom stereocenters. The number of amides is 1. The number of hydrogen-bond donors (Lipinski definition) is 3. The fourth-order valence-corrected chi connectivity index (χ4v) is 5.74. The molecule has 43 heavy (non-hydrogen) atoms. The van der Waals surface area contributed by atoms with Gasteiger partial charge in [0.25, 0.3) is 11.5 Å². The molecule has 4 N–H and O–H groups in total. The highest BCUT2D eigenvalue weighted by atomic mass is 35.5. The van der Waals surface area contributed by atoms with Gasteiger partial charge in [0.15, 0.2) is 5.69 Å². The van der Waals surface area contributed by atoms with Crippen molar-refractivity contribution in [2.75, 3.05) is 53.3 Å². The van der Waals surface area contributed by atoms with Gasteiger partial charge >= 0.3 is 0 Å². The maximum Gasteiger partial charge on any atom is 0.285 e. The number of carbonyl (C=O) groups excluding carboxylic acids is 1. The van der Waals surface area contributed by atoms with Crippen LogP contribution in [0.5, 0.6) is 0 Å². The van der Waals surface area contributed by atoms with Crippen molar-refractivity contribution in [3.63, 3.8) is 0 Å². The minimum Gasteiger partial charge on any atom is -0.384 e. The highest BCUT2D eigenvalue weighted by Crippen LogP contribution is 2.29. The van der Waals surface area contributed by atoms with Gasteiger partial charge in [-0.2, -0.15) is 0 Å². The van der Waals surface area contributed by atoms with E-state index in [1.807, 2.05) is 36.8 Å². The molecule has 4 heterocycles. The number of sulfonamides is 1. The van der Waals surface area contributed by atoms with E-state index in [0.29, 0.717) is 48.8 Å². The summed E-state index contributed by atoms with van der Waals surface area (Å²) in [5.74, 6) is 0.0940. The van der Waals surface area contributed by atoms with Gasteiger partial charge in [-0.25, -0.2) is 28.1 Å². The van der Waals surface area contributed by atoms with Crippen molar-refractivity contribution < 1.29 is 13.2 Å². The summed E-state index contributed by atoms with van der Waals surface area (Å²) in [5, 5.41) is 3.73. The van der Waals surface area contributed by atoms with Crippen LogP contribution >= 0.6 is 11.6 Å². The lowest BCUT2D eigenvalue weighted by atomic mass is 10.0. The quantitative estimate of drug-likeness (QED) is 0.258. The zero-order valence-corrected chi connectivity index (χ0v) is 25.7. The van der Waals surface area contributed by atoms with E-state index in [1.165, 1.54) is 6.07 Å². The number of halogens is 1. The molecule has 1 aliphatic heterocycles. The maximum atomic E-state index is 13.6. The largest absolute Gasteiger partial charge is 0.384 e. The number of carbonyl (C=O) groups is 1. The van der Waals surface area contributed by atoms with Crippen LogP contribution in [-0.2, 0) is 17.1 Å². The number of fused-ring (bicyclic) bond motifs is 1. The third kappa shape index (κ3) is 6.49. The van der Waals surface area contributed by atoms with E-state index in [4.69, 9.17) is 22.3 Å². The van der Waals surface area contributed by atoms with Crippen molar-refractivity contribution in [2.24, 2.45) is 7.05 Å². The zero-order valence-electron chi connectivity index (χ0n) is 24.1. The highest BCUT2D eigenvalue weighted by molar-refractivity contribution is 7.89. The summed E-state index contributed by atoms with van der Waals surface area (Å²) < 4.78 is 26.9. The Bertz CT molecular complexity index is 1870. The lowest BCUT2D eigenvalue weighted by Gasteiger charge is -2.37. The van der Waals surface area contributed by atoms with Crippen molar-refractivity contribution in [3.8, 4) is 0 Å². The van der Waals surface area contributed by atoms with Crippen molar-refractivity contribution in [1.82, 2.24) is 24.2 Å². The number of nitrogen functional groups attached to an aromatic ring is 1. The van der Waals surface area contributed by atoms with E-state index in [0.717, 1.165) is 23.1 Å². The maximum absolute atomic E-state index is 13.6. The number of hydrogen-bond acceptors (Lipinski definition) is 11. The van der Waals surface area contributed by atoms with Gasteiger partial charge in [0.2, 0.25) is 16.0 Å². The zero-order chi connectivity index (χ0) is 31.1. The molecule has 0 spiro atoms. The summed E-state index contributed by atoms with van der Waals surface area (Å²) in [6.45, 7) is 6.45. The molecule has 0 saturated carbocycles. The third-order valence-electron chi connectivity index (χ3n) is 7.22. The van der Waals surface area contributed by atoms with Gasteiger partial charge in [-0.1, -0.05) is 17.7 Å². The van der Waals surface area contributed by atoms with E-state index in [-0.39, 0.29) is 22.1 Å². The molecule has 4 aromatic rings. The Labute approximate surface area is 253 Å². The van der Waals surface area contributed by atoms with Gasteiger partial charge in [0.1, 0.15) is 11.0 Å². The normalized spacial score (nSPS) is 14.5. The number of anilines is 4. The summed E-state index contributed by atoms with van der Waals surface area (Å²) in [4.78, 5) is 43.9. The topological polar surface area (TPSA) is 168 Å². The van der Waals surface area contributed by atoms with Crippen LogP contribution in [0.2, 0.25) is 5.15 Å². The summed E-state index contributed by atoms with van der Waals surface area (Å²) in [7, 11) is -2.12. The molecule has 0 radical (unpaired) electrons. The first-order valence-corrected chi connectivity index (χ1v) is 15.8. The standard InChI is InChI=1S/C28H32ClN9O4S/c1-16-13-19(17(2)32-21-6-7-22(29)33-25(21)26(39)35-43(4,41)42)24-20(14-16)27(40)36(3)28(34-24)38-11-9-37(10-12-38)18-5-8-23(30)31-15-18/h5-8,13-15,17,32H,9-12H2,1-4H3,(H2,30,31)(H,35,39)/t17-/m1/s1. The fourth-order valence-electron chi connectivity index (χ4n) is 5.16. The second-order valence-electron chi connectivity index (χ2n) is 10.5. The van der Waals surface area contributed by atoms with Gasteiger partial charge in [0.05, 0.1) is 40.8 Å². The Hall–Kier alpha value is -4.43. The minimum absolute atomic E-state index is 0.0282. The minimum atomic E-state index is -3.83. The third-order valence-corrected chi connectivity index (χ3v) is 7.99. The molecule has 1 fully saturated rings. The summed E-state index contributed by atoms with van der Waals surface area (Å²) in [6.07, 6.45) is 2.63. The van der Waals surface area contributed by atoms with E-state index in [1.54, 1.807) is 29.9 Å². The van der Waals surface area contributed by atoms with Crippen LogP contribution in [-0.4, -0.2) is 66.3 Å². The Morgan fingerprint density at radius 2 is 1.77 bits per heavy atom. The monoisotopic (exact) mass is 625 g/mol. The van der Waals surface area contributed by atoms with Crippen LogP contribution < -0.4 is 31.1 Å². The molecule has 226 valence electrons. The Morgan fingerprint density at radius 3 is 2.42 bits per heavy atom. The second-order valence-corrected chi connectivity index (χ2v) is 12.7. The van der Waals surface area contributed by atoms with Gasteiger partial charge in [0, 0.05) is 38.8 Å². The molecule has 1 amide bonds. The smallest absolute Gasteiger partial charge is 0.285 e. The number of aryl methyl sites for hydroxylation is 1. The number of nitrogens with one attached hydrogen (secondary N) is 2. The van der Waals surface area contributed by atoms with E-state index in [9.17, 15) is 18.0 Å². The molecule has 1 saturated heterocycles. The first-order chi connectivity index (χ1) is 20.3. The molecule has 15 heteroatoms. The molecular formula is C28H32ClN9O4S. The summed E-state index contributed by atoms with van der Waals surface area (Å²) in [6, 6.07) is 10.0. The van der Waals surface area contributed by atoms with Crippen molar-refractivity contribution in [2.45, 2.75) is 19.9 Å². The molecule has 1 aliphatic rings. The summed E-state index contributed by atoms with van der Waals surface area (Å²) in [5.41, 5.74) is 8.74. The van der Waals surface area contributed by atoms with Crippen LogP contribution in [0.4, 0.5) is 23.1 Å². The van der Waals surface area contributed by atoms with Crippen molar-refractivity contribution >= 4 is 61.6 Å².